The predicted octanol–water partition coefficient (Wildman–Crippen LogP) is -2.02. The third kappa shape index (κ3) is 15.8. The normalized spacial score (nSPS) is 47.1. The van der Waals surface area contributed by atoms with Crippen molar-refractivity contribution < 1.29 is 160 Å². The fourth-order valence-corrected chi connectivity index (χ4v) is 18.2. The Labute approximate surface area is 557 Å². The molecule has 9 rings (SSSR count). The molecule has 5 saturated heterocycles. The number of hydrogen-bond acceptors (Lipinski definition) is 31. The summed E-state index contributed by atoms with van der Waals surface area (Å²) in [4.78, 5) is 0. The lowest BCUT2D eigenvalue weighted by Crippen LogP contribution is -2.68. The first-order valence-electron chi connectivity index (χ1n) is 32.1. The van der Waals surface area contributed by atoms with Crippen LogP contribution in [-0.2, 0) is 95.9 Å². The van der Waals surface area contributed by atoms with Crippen LogP contribution in [0.25, 0.3) is 0 Å². The van der Waals surface area contributed by atoms with Crippen LogP contribution >= 0.6 is 0 Å². The highest BCUT2D eigenvalue weighted by molar-refractivity contribution is 7.81. The SMILES string of the molecule is CO[C@@H]1[C@@H](O)[C@H](O[C@@H]2[C@@H](O)[C@H](O[C@H]3[C@H](O)[C@@H](O[C@@H]4OC[C@@H](O)[C@H](O)[C@H]4O)[C@H](O[C@H]4[C@H](O[C@H]5CC[C@]6(C)[C@@H]7CC[C@]8(C)[C@@H]([C@@](C)(O)[C@H](O)CC=C(C)C)CC[C@@]8(C)C7=CC[C@H]6C5(C)C)OC[C@@H](OS(=O)(=O)O)[C@@H]4O)O[C@@H]3C)O[C@H](COS(=O)(=O)O)[C@H]2O)O[C@H](COS(=O)(=O)O)[C@H]1O. The van der Waals surface area contributed by atoms with Crippen molar-refractivity contribution >= 4 is 31.2 Å². The minimum Gasteiger partial charge on any atom is -0.390 e. The summed E-state index contributed by atoms with van der Waals surface area (Å²) in [6, 6.07) is 0. The molecule has 37 heteroatoms. The standard InChI is InChI=1S/C59H98O34S3/c1-25(2)11-14-35(61)59(9,70)34-16-20-57(7)28-12-13-33-55(4,5)36(17-18-56(33,6)27(28)15-19-58(34,57)8)88-53-48(40(65)32(22-82-53)93-96(77,78)79)92-54-49(91-50-41(66)37(62)29(60)21-81-50)42(67)45(26(3)85-54)89-52-44(69)47(39(64)31(87-52)24-84-95(74,75)76)90-51-43(68)46(80-10)38(63)30(86-51)23-83-94(71,72)73/h11-12,26-27,29-54,60-70H,13-24H2,1-10H3,(H,71,72,73)(H,74,75,76)(H,77,78,79)/t26-,27-,29-,30-,31-,32-,33+,34+,35-,36+,37+,38-,39-,40+,41-,42+,43-,44-,45-,46+,47+,48-,49-,50+,51+,52+,53+,54+,56-,57+,58-,59-/m1/s1. The van der Waals surface area contributed by atoms with Crippen LogP contribution in [-0.4, -0.2) is 288 Å². The molecule has 0 bridgehead atoms. The molecule has 0 aromatic heterocycles. The highest BCUT2D eigenvalue weighted by atomic mass is 32.3. The Bertz CT molecular complexity index is 3080. The van der Waals surface area contributed by atoms with Gasteiger partial charge in [0.1, 0.15) is 104 Å². The lowest BCUT2D eigenvalue weighted by Gasteiger charge is -2.65. The Morgan fingerprint density at radius 3 is 1.76 bits per heavy atom. The smallest absolute Gasteiger partial charge is 0.390 e. The van der Waals surface area contributed by atoms with Crippen LogP contribution in [0.1, 0.15) is 114 Å². The Balaban J connectivity index is 0.988. The van der Waals surface area contributed by atoms with Gasteiger partial charge in [0.2, 0.25) is 0 Å². The summed E-state index contributed by atoms with van der Waals surface area (Å²) in [5, 5.41) is 126. The summed E-state index contributed by atoms with van der Waals surface area (Å²) in [6.45, 7) is 14.1. The molecule has 5 aliphatic heterocycles. The zero-order valence-electron chi connectivity index (χ0n) is 55.0. The van der Waals surface area contributed by atoms with Crippen molar-refractivity contribution in [2.45, 2.75) is 273 Å². The number of fused-ring (bicyclic) bond motifs is 5. The van der Waals surface area contributed by atoms with Gasteiger partial charge in [-0.3, -0.25) is 13.7 Å². The van der Waals surface area contributed by atoms with E-state index in [-0.39, 0.29) is 34.0 Å². The number of rotatable bonds is 23. The van der Waals surface area contributed by atoms with Crippen LogP contribution in [0, 0.1) is 39.4 Å². The van der Waals surface area contributed by atoms with Gasteiger partial charge in [-0.15, -0.1) is 0 Å². The molecule has 4 aliphatic carbocycles. The quantitative estimate of drug-likeness (QED) is 0.0388. The maximum absolute atomic E-state index is 12.6. The molecule has 9 aliphatic rings. The number of allylic oxidation sites excluding steroid dienone is 3. The second kappa shape index (κ2) is 29.4. The minimum atomic E-state index is -5.32. The molecule has 0 unspecified atom stereocenters. The molecule has 32 atom stereocenters. The van der Waals surface area contributed by atoms with Crippen molar-refractivity contribution in [2.24, 2.45) is 39.4 Å². The Morgan fingerprint density at radius 2 is 1.18 bits per heavy atom. The highest BCUT2D eigenvalue weighted by Crippen LogP contribution is 2.74. The Kier molecular flexibility index (Phi) is 24.0. The topological polar surface area (TPSA) is 515 Å². The summed E-state index contributed by atoms with van der Waals surface area (Å²) >= 11 is 0. The molecule has 0 radical (unpaired) electrons. The molecule has 0 aromatic rings. The van der Waals surface area contributed by atoms with Crippen LogP contribution in [0.2, 0.25) is 0 Å². The molecular weight excluding hydrogens is 1350 g/mol. The average Bonchev–Trinajstić information content (AvgIpc) is 1.39. The van der Waals surface area contributed by atoms with Crippen molar-refractivity contribution in [3.05, 3.63) is 23.3 Å². The molecule has 556 valence electrons. The summed E-state index contributed by atoms with van der Waals surface area (Å²) in [5.41, 5.74) is -0.601. The number of aliphatic hydroxyl groups excluding tert-OH is 10. The molecule has 14 N–H and O–H groups in total. The van der Waals surface area contributed by atoms with Gasteiger partial charge in [-0.1, -0.05) is 57.9 Å². The third-order valence-electron chi connectivity index (χ3n) is 22.5. The van der Waals surface area contributed by atoms with Gasteiger partial charge in [0.05, 0.1) is 50.3 Å². The van der Waals surface area contributed by atoms with E-state index in [0.29, 0.717) is 25.7 Å². The largest absolute Gasteiger partial charge is 0.397 e. The summed E-state index contributed by atoms with van der Waals surface area (Å²) in [7, 11) is -14.8. The lowest BCUT2D eigenvalue weighted by atomic mass is 9.40. The van der Waals surface area contributed by atoms with E-state index in [0.717, 1.165) is 38.4 Å². The number of hydrogen-bond donors (Lipinski definition) is 14. The van der Waals surface area contributed by atoms with E-state index in [4.69, 9.17) is 56.3 Å². The van der Waals surface area contributed by atoms with Gasteiger partial charge in [-0.05, 0) is 118 Å². The zero-order valence-corrected chi connectivity index (χ0v) is 57.4. The summed E-state index contributed by atoms with van der Waals surface area (Å²) < 4.78 is 179. The van der Waals surface area contributed by atoms with Gasteiger partial charge < -0.3 is 108 Å². The summed E-state index contributed by atoms with van der Waals surface area (Å²) in [5.74, 6) is -0.0954. The average molecular weight is 1450 g/mol. The maximum atomic E-state index is 12.6. The van der Waals surface area contributed by atoms with Gasteiger partial charge in [-0.2, -0.15) is 25.3 Å². The molecule has 3 saturated carbocycles. The highest BCUT2D eigenvalue weighted by Gasteiger charge is 2.68. The van der Waals surface area contributed by atoms with Gasteiger partial charge in [0.25, 0.3) is 0 Å². The van der Waals surface area contributed by atoms with Gasteiger partial charge in [-0.25, -0.2) is 12.5 Å². The molecule has 0 spiro atoms. The Morgan fingerprint density at radius 1 is 0.625 bits per heavy atom. The van der Waals surface area contributed by atoms with Gasteiger partial charge in [0.15, 0.2) is 31.5 Å². The second-order valence-electron chi connectivity index (χ2n) is 28.9. The van der Waals surface area contributed by atoms with Gasteiger partial charge >= 0.3 is 31.2 Å². The maximum Gasteiger partial charge on any atom is 0.397 e. The van der Waals surface area contributed by atoms with Crippen LogP contribution in [0.4, 0.5) is 0 Å². The molecule has 8 fully saturated rings. The van der Waals surface area contributed by atoms with E-state index in [1.165, 1.54) is 12.5 Å². The first kappa shape index (κ1) is 78.3. The second-order valence-corrected chi connectivity index (χ2v) is 32.1. The van der Waals surface area contributed by atoms with Crippen LogP contribution in [0.15, 0.2) is 23.3 Å². The molecule has 5 heterocycles. The molecule has 0 amide bonds. The fraction of sp³-hybridized carbons (Fsp3) is 0.932. The molecule has 34 nitrogen and oxygen atoms in total. The van der Waals surface area contributed by atoms with Crippen LogP contribution in [0.3, 0.4) is 0 Å². The molecular formula is C59H98O34S3. The van der Waals surface area contributed by atoms with Crippen LogP contribution in [0.5, 0.6) is 0 Å². The third-order valence-corrected chi connectivity index (χ3v) is 23.9. The van der Waals surface area contributed by atoms with E-state index >= 15 is 0 Å². The van der Waals surface area contributed by atoms with Crippen molar-refractivity contribution in [1.82, 2.24) is 0 Å². The lowest BCUT2D eigenvalue weighted by molar-refractivity contribution is -0.403. The molecule has 0 aromatic carbocycles. The van der Waals surface area contributed by atoms with Crippen molar-refractivity contribution in [1.29, 1.82) is 0 Å². The number of methoxy groups -OCH3 is 1. The molecule has 96 heavy (non-hydrogen) atoms. The zero-order chi connectivity index (χ0) is 71.1. The number of ether oxygens (including phenoxy) is 11. The predicted molar refractivity (Wildman–Crippen MR) is 321 cm³/mol. The van der Waals surface area contributed by atoms with Crippen molar-refractivity contribution in [3.8, 4) is 0 Å². The van der Waals surface area contributed by atoms with E-state index < -0.39 is 222 Å². The van der Waals surface area contributed by atoms with E-state index in [9.17, 15) is 95.1 Å². The first-order chi connectivity index (χ1) is 44.4. The van der Waals surface area contributed by atoms with Gasteiger partial charge in [0, 0.05) is 7.11 Å². The monoisotopic (exact) mass is 1450 g/mol. The van der Waals surface area contributed by atoms with E-state index in [1.54, 1.807) is 6.92 Å². The fourth-order valence-electron chi connectivity index (χ4n) is 17.1. The summed E-state index contributed by atoms with van der Waals surface area (Å²) in [6.07, 6.45) is -37.7. The minimum absolute atomic E-state index is 0.0390. The first-order valence-corrected chi connectivity index (χ1v) is 36.2. The van der Waals surface area contributed by atoms with Crippen molar-refractivity contribution in [3.63, 3.8) is 0 Å². The van der Waals surface area contributed by atoms with E-state index in [2.05, 4.69) is 49.1 Å². The van der Waals surface area contributed by atoms with Crippen molar-refractivity contribution in [2.75, 3.05) is 33.5 Å². The van der Waals surface area contributed by atoms with Crippen LogP contribution < -0.4 is 0 Å². The van der Waals surface area contributed by atoms with E-state index in [1.807, 2.05) is 19.9 Å². The number of aliphatic hydroxyl groups is 11. The Hall–Kier alpha value is -1.79.